The van der Waals surface area contributed by atoms with Crippen LogP contribution < -0.4 is 10.5 Å². The van der Waals surface area contributed by atoms with Gasteiger partial charge < -0.3 is 9.80 Å². The van der Waals surface area contributed by atoms with Gasteiger partial charge in [0.05, 0.1) is 11.9 Å². The minimum absolute atomic E-state index is 0.145. The number of hydrogen-bond donors (Lipinski definition) is 0. The van der Waals surface area contributed by atoms with Gasteiger partial charge in [0, 0.05) is 39.6 Å². The molecule has 1 aliphatic rings. The Balaban J connectivity index is 2.17. The number of hydrogen-bond acceptors (Lipinski definition) is 4. The van der Waals surface area contributed by atoms with Gasteiger partial charge in [-0.25, -0.2) is 4.68 Å². The van der Waals surface area contributed by atoms with Crippen molar-refractivity contribution in [2.24, 2.45) is 7.05 Å². The van der Waals surface area contributed by atoms with Crippen LogP contribution in [0, 0.1) is 0 Å². The lowest BCUT2D eigenvalue weighted by Gasteiger charge is -2.24. The van der Waals surface area contributed by atoms with Gasteiger partial charge >= 0.3 is 0 Å². The van der Waals surface area contributed by atoms with Gasteiger partial charge in [-0.3, -0.25) is 9.59 Å². The van der Waals surface area contributed by atoms with Crippen LogP contribution in [-0.2, 0) is 11.8 Å². The van der Waals surface area contributed by atoms with E-state index in [1.165, 1.54) is 4.68 Å². The molecule has 2 heterocycles. The highest BCUT2D eigenvalue weighted by molar-refractivity contribution is 9.10. The quantitative estimate of drug-likeness (QED) is 0.804. The van der Waals surface area contributed by atoms with Crippen molar-refractivity contribution >= 4 is 27.5 Å². The molecule has 6 nitrogen and oxygen atoms in total. The zero-order valence-corrected chi connectivity index (χ0v) is 13.4. The van der Waals surface area contributed by atoms with E-state index in [9.17, 15) is 9.59 Å². The number of amides is 1. The van der Waals surface area contributed by atoms with Gasteiger partial charge in [-0.1, -0.05) is 6.92 Å². The van der Waals surface area contributed by atoms with Crippen LogP contribution in [0.5, 0.6) is 0 Å². The molecule has 1 aliphatic heterocycles. The van der Waals surface area contributed by atoms with Gasteiger partial charge in [-0.05, 0) is 22.4 Å². The SMILES string of the molecule is CCC(=O)N1CCCN(c2cnn(C)c(=O)c2Br)CC1. The van der Waals surface area contributed by atoms with Crippen LogP contribution in [0.4, 0.5) is 5.69 Å². The Hall–Kier alpha value is -1.37. The molecule has 0 aliphatic carbocycles. The Morgan fingerprint density at radius 1 is 1.35 bits per heavy atom. The molecule has 1 aromatic rings. The molecular weight excluding hydrogens is 324 g/mol. The van der Waals surface area contributed by atoms with Crippen molar-refractivity contribution < 1.29 is 4.79 Å². The normalized spacial score (nSPS) is 16.1. The van der Waals surface area contributed by atoms with E-state index in [2.05, 4.69) is 25.9 Å². The van der Waals surface area contributed by atoms with Crippen LogP contribution in [0.1, 0.15) is 19.8 Å². The molecule has 1 amide bonds. The van der Waals surface area contributed by atoms with E-state index >= 15 is 0 Å². The van der Waals surface area contributed by atoms with Crippen molar-refractivity contribution in [2.45, 2.75) is 19.8 Å². The van der Waals surface area contributed by atoms with Crippen LogP contribution >= 0.6 is 15.9 Å². The van der Waals surface area contributed by atoms with Crippen molar-refractivity contribution in [3.05, 3.63) is 21.0 Å². The number of nitrogens with zero attached hydrogens (tertiary/aromatic N) is 4. The van der Waals surface area contributed by atoms with E-state index in [1.54, 1.807) is 13.2 Å². The first-order valence-corrected chi connectivity index (χ1v) is 7.58. The highest BCUT2D eigenvalue weighted by Gasteiger charge is 2.20. The van der Waals surface area contributed by atoms with Crippen molar-refractivity contribution in [3.8, 4) is 0 Å². The molecular formula is C13H19BrN4O2. The molecule has 7 heteroatoms. The fourth-order valence-electron chi connectivity index (χ4n) is 2.35. The summed E-state index contributed by atoms with van der Waals surface area (Å²) in [5.41, 5.74) is 0.659. The van der Waals surface area contributed by atoms with Crippen LogP contribution in [0.3, 0.4) is 0 Å². The fraction of sp³-hybridized carbons (Fsp3) is 0.615. The predicted octanol–water partition coefficient (Wildman–Crippen LogP) is 0.992. The zero-order valence-electron chi connectivity index (χ0n) is 11.8. The van der Waals surface area contributed by atoms with E-state index in [0.717, 1.165) is 31.7 Å². The molecule has 0 aromatic carbocycles. The van der Waals surface area contributed by atoms with Crippen molar-refractivity contribution in [1.29, 1.82) is 0 Å². The summed E-state index contributed by atoms with van der Waals surface area (Å²) in [6.07, 6.45) is 3.13. The lowest BCUT2D eigenvalue weighted by Crippen LogP contribution is -2.35. The Kier molecular flexibility index (Phi) is 4.80. The van der Waals surface area contributed by atoms with E-state index in [-0.39, 0.29) is 11.5 Å². The van der Waals surface area contributed by atoms with Crippen LogP contribution in [0.25, 0.3) is 0 Å². The molecule has 0 bridgehead atoms. The monoisotopic (exact) mass is 342 g/mol. The van der Waals surface area contributed by atoms with Crippen LogP contribution in [0.15, 0.2) is 15.5 Å². The summed E-state index contributed by atoms with van der Waals surface area (Å²) >= 11 is 3.35. The molecule has 110 valence electrons. The molecule has 0 atom stereocenters. The van der Waals surface area contributed by atoms with Gasteiger partial charge in [0.15, 0.2) is 0 Å². The number of rotatable bonds is 2. The Labute approximate surface area is 126 Å². The third-order valence-corrected chi connectivity index (χ3v) is 4.30. The third kappa shape index (κ3) is 3.03. The minimum atomic E-state index is -0.145. The second-order valence-electron chi connectivity index (χ2n) is 4.85. The lowest BCUT2D eigenvalue weighted by molar-refractivity contribution is -0.130. The second-order valence-corrected chi connectivity index (χ2v) is 5.64. The number of carbonyl (C=O) groups excluding carboxylic acids is 1. The molecule has 1 fully saturated rings. The Morgan fingerprint density at radius 3 is 2.80 bits per heavy atom. The highest BCUT2D eigenvalue weighted by Crippen LogP contribution is 2.22. The molecule has 0 saturated carbocycles. The summed E-state index contributed by atoms with van der Waals surface area (Å²) in [7, 11) is 1.63. The lowest BCUT2D eigenvalue weighted by atomic mass is 10.3. The number of carbonyl (C=O) groups is 1. The average Bonchev–Trinajstić information content (AvgIpc) is 2.70. The molecule has 0 spiro atoms. The van der Waals surface area contributed by atoms with Crippen molar-refractivity contribution in [3.63, 3.8) is 0 Å². The molecule has 20 heavy (non-hydrogen) atoms. The number of anilines is 1. The Bertz CT molecular complexity index is 558. The number of aromatic nitrogens is 2. The van der Waals surface area contributed by atoms with Gasteiger partial charge in [-0.2, -0.15) is 5.10 Å². The van der Waals surface area contributed by atoms with E-state index in [0.29, 0.717) is 17.4 Å². The van der Waals surface area contributed by atoms with Gasteiger partial charge in [0.2, 0.25) is 5.91 Å². The third-order valence-electron chi connectivity index (χ3n) is 3.55. The minimum Gasteiger partial charge on any atom is -0.367 e. The first kappa shape index (κ1) is 15.0. The van der Waals surface area contributed by atoms with E-state index < -0.39 is 0 Å². The zero-order chi connectivity index (χ0) is 14.7. The van der Waals surface area contributed by atoms with Crippen molar-refractivity contribution in [2.75, 3.05) is 31.1 Å². The molecule has 0 radical (unpaired) electrons. The molecule has 1 saturated heterocycles. The average molecular weight is 343 g/mol. The Morgan fingerprint density at radius 2 is 2.10 bits per heavy atom. The summed E-state index contributed by atoms with van der Waals surface area (Å²) in [6, 6.07) is 0. The standard InChI is InChI=1S/C13H19BrN4O2/c1-3-11(19)18-6-4-5-17(7-8-18)10-9-15-16(2)13(20)12(10)14/h9H,3-8H2,1-2H3. The number of halogens is 1. The van der Waals surface area contributed by atoms with E-state index in [1.807, 2.05) is 11.8 Å². The second kappa shape index (κ2) is 6.39. The predicted molar refractivity (Wildman–Crippen MR) is 80.9 cm³/mol. The maximum Gasteiger partial charge on any atom is 0.282 e. The van der Waals surface area contributed by atoms with Crippen molar-refractivity contribution in [1.82, 2.24) is 14.7 Å². The highest BCUT2D eigenvalue weighted by atomic mass is 79.9. The van der Waals surface area contributed by atoms with Gasteiger partial charge in [-0.15, -0.1) is 0 Å². The maximum absolute atomic E-state index is 11.9. The molecule has 0 unspecified atom stereocenters. The number of aryl methyl sites for hydroxylation is 1. The smallest absolute Gasteiger partial charge is 0.282 e. The summed E-state index contributed by atoms with van der Waals surface area (Å²) in [5.74, 6) is 0.188. The first-order valence-electron chi connectivity index (χ1n) is 6.79. The maximum atomic E-state index is 11.9. The van der Waals surface area contributed by atoms with Crippen LogP contribution in [0.2, 0.25) is 0 Å². The summed E-state index contributed by atoms with van der Waals surface area (Å²) < 4.78 is 1.84. The van der Waals surface area contributed by atoms with Gasteiger partial charge in [0.1, 0.15) is 4.47 Å². The van der Waals surface area contributed by atoms with Gasteiger partial charge in [0.25, 0.3) is 5.56 Å². The molecule has 2 rings (SSSR count). The van der Waals surface area contributed by atoms with E-state index in [4.69, 9.17) is 0 Å². The summed E-state index contributed by atoms with van der Waals surface area (Å²) in [4.78, 5) is 27.7. The topological polar surface area (TPSA) is 58.4 Å². The first-order chi connectivity index (χ1) is 9.54. The largest absolute Gasteiger partial charge is 0.367 e. The molecule has 1 aromatic heterocycles. The fourth-order valence-corrected chi connectivity index (χ4v) is 2.96. The summed E-state index contributed by atoms with van der Waals surface area (Å²) in [6.45, 7) is 4.89. The molecule has 0 N–H and O–H groups in total. The summed E-state index contributed by atoms with van der Waals surface area (Å²) in [5, 5.41) is 4.07. The van der Waals surface area contributed by atoms with Crippen LogP contribution in [-0.4, -0.2) is 46.8 Å².